The molecule has 3 N–H and O–H groups in total. The van der Waals surface area contributed by atoms with Crippen molar-refractivity contribution in [2.24, 2.45) is 24.6 Å². The van der Waals surface area contributed by atoms with Gasteiger partial charge in [-0.25, -0.2) is 24.1 Å². The van der Waals surface area contributed by atoms with Crippen LogP contribution in [-0.2, 0) is 23.1 Å². The van der Waals surface area contributed by atoms with E-state index in [2.05, 4.69) is 14.9 Å². The van der Waals surface area contributed by atoms with Gasteiger partial charge in [-0.3, -0.25) is 9.59 Å². The van der Waals surface area contributed by atoms with Crippen LogP contribution in [0.4, 0.5) is 10.2 Å². The largest absolute Gasteiger partial charge is 0.494 e. The summed E-state index contributed by atoms with van der Waals surface area (Å²) in [7, 11) is 4.76. The van der Waals surface area contributed by atoms with Crippen molar-refractivity contribution in [1.82, 2.24) is 29.0 Å². The molecular formula is C37H39FN8O5. The highest BCUT2D eigenvalue weighted by atomic mass is 19.1. The van der Waals surface area contributed by atoms with E-state index in [0.717, 1.165) is 36.8 Å². The SMILES string of the molecule is COC(=O)c1cc(NC(=O)C2CC2)ncc1-c1ccc2cc(-c3nc4cc(C(=O)N5C[C@H](N)C[C@@H](F)C5)cc(OC)c4n3C)n(CC3CC3)c2n1. The van der Waals surface area contributed by atoms with Gasteiger partial charge in [-0.1, -0.05) is 0 Å². The molecule has 8 rings (SSSR count). The molecule has 14 heteroatoms. The smallest absolute Gasteiger partial charge is 0.338 e. The number of fused-ring (bicyclic) bond motifs is 2. The van der Waals surface area contributed by atoms with Crippen LogP contribution < -0.4 is 15.8 Å². The average molecular weight is 695 g/mol. The fraction of sp³-hybridized carbons (Fsp3) is 0.405. The first-order chi connectivity index (χ1) is 24.6. The van der Waals surface area contributed by atoms with Gasteiger partial charge >= 0.3 is 5.97 Å². The third-order valence-electron chi connectivity index (χ3n) is 10.0. The molecule has 2 saturated carbocycles. The molecule has 0 unspecified atom stereocenters. The summed E-state index contributed by atoms with van der Waals surface area (Å²) in [4.78, 5) is 54.9. The van der Waals surface area contributed by atoms with E-state index in [4.69, 9.17) is 25.2 Å². The number of aryl methyl sites for hydroxylation is 1. The lowest BCUT2D eigenvalue weighted by atomic mass is 10.0. The minimum absolute atomic E-state index is 0.00503. The van der Waals surface area contributed by atoms with Gasteiger partial charge in [-0.2, -0.15) is 0 Å². The Labute approximate surface area is 292 Å². The number of imidazole rings is 1. The van der Waals surface area contributed by atoms with Crippen LogP contribution in [-0.4, -0.2) is 86.3 Å². The summed E-state index contributed by atoms with van der Waals surface area (Å²) in [6, 6.07) is 10.3. The maximum atomic E-state index is 14.3. The van der Waals surface area contributed by atoms with Gasteiger partial charge in [0.2, 0.25) is 5.91 Å². The number of aromatic nitrogens is 5. The summed E-state index contributed by atoms with van der Waals surface area (Å²) in [6.45, 7) is 0.990. The molecule has 1 aliphatic heterocycles. The number of likely N-dealkylation sites (tertiary alicyclic amines) is 1. The van der Waals surface area contributed by atoms with E-state index < -0.39 is 18.2 Å². The maximum Gasteiger partial charge on any atom is 0.338 e. The summed E-state index contributed by atoms with van der Waals surface area (Å²) >= 11 is 0. The van der Waals surface area contributed by atoms with E-state index in [9.17, 15) is 18.8 Å². The molecule has 1 saturated heterocycles. The molecule has 3 fully saturated rings. The number of amides is 2. The summed E-state index contributed by atoms with van der Waals surface area (Å²) in [5.41, 5.74) is 10.5. The minimum atomic E-state index is -1.17. The van der Waals surface area contributed by atoms with Crippen LogP contribution in [0.3, 0.4) is 0 Å². The number of nitrogens with zero attached hydrogens (tertiary/aromatic N) is 6. The first kappa shape index (κ1) is 32.8. The monoisotopic (exact) mass is 694 g/mol. The number of halogens is 1. The number of carbonyl (C=O) groups is 3. The Hall–Kier alpha value is -5.37. The lowest BCUT2D eigenvalue weighted by molar-refractivity contribution is -0.117. The lowest BCUT2D eigenvalue weighted by Gasteiger charge is -2.33. The molecule has 0 spiro atoms. The number of pyridine rings is 2. The predicted octanol–water partition coefficient (Wildman–Crippen LogP) is 4.72. The topological polar surface area (TPSA) is 159 Å². The summed E-state index contributed by atoms with van der Waals surface area (Å²) < 4.78 is 29.3. The zero-order valence-corrected chi connectivity index (χ0v) is 28.7. The van der Waals surface area contributed by atoms with Crippen LogP contribution in [0.1, 0.15) is 52.8 Å². The first-order valence-electron chi connectivity index (χ1n) is 17.3. The molecule has 264 valence electrons. The highest BCUT2D eigenvalue weighted by Gasteiger charge is 2.32. The fourth-order valence-electron chi connectivity index (χ4n) is 7.03. The summed E-state index contributed by atoms with van der Waals surface area (Å²) in [5.74, 6) is 0.880. The Balaban J connectivity index is 1.21. The molecule has 5 heterocycles. The third kappa shape index (κ3) is 6.17. The van der Waals surface area contributed by atoms with Crippen molar-refractivity contribution in [2.45, 2.75) is 50.9 Å². The van der Waals surface area contributed by atoms with E-state index in [0.29, 0.717) is 57.5 Å². The van der Waals surface area contributed by atoms with E-state index in [-0.39, 0.29) is 48.6 Å². The molecule has 0 bridgehead atoms. The first-order valence-corrected chi connectivity index (χ1v) is 17.3. The highest BCUT2D eigenvalue weighted by molar-refractivity contribution is 6.01. The van der Waals surface area contributed by atoms with Gasteiger partial charge in [0.1, 0.15) is 28.9 Å². The van der Waals surface area contributed by atoms with Crippen molar-refractivity contribution in [3.8, 4) is 28.5 Å². The van der Waals surface area contributed by atoms with Crippen LogP contribution in [0.15, 0.2) is 42.6 Å². The molecule has 2 atom stereocenters. The van der Waals surface area contributed by atoms with Crippen LogP contribution in [0.5, 0.6) is 5.75 Å². The Morgan fingerprint density at radius 2 is 1.84 bits per heavy atom. The number of hydrogen-bond donors (Lipinski definition) is 2. The molecule has 51 heavy (non-hydrogen) atoms. The van der Waals surface area contributed by atoms with Crippen molar-refractivity contribution in [3.63, 3.8) is 0 Å². The average Bonchev–Trinajstić information content (AvgIpc) is 4.06. The molecule has 4 aromatic heterocycles. The van der Waals surface area contributed by atoms with Crippen molar-refractivity contribution < 1.29 is 28.2 Å². The Kier molecular flexibility index (Phi) is 8.20. The Morgan fingerprint density at radius 1 is 1.04 bits per heavy atom. The van der Waals surface area contributed by atoms with E-state index in [1.54, 1.807) is 25.4 Å². The summed E-state index contributed by atoms with van der Waals surface area (Å²) in [6.07, 6.45) is 4.50. The van der Waals surface area contributed by atoms with E-state index in [1.165, 1.54) is 18.1 Å². The highest BCUT2D eigenvalue weighted by Crippen LogP contribution is 2.39. The standard InChI is InChI=1S/C37H39FN8O5/c1-44-32-28(10-22(12-30(32)50-2)36(48)45-17-23(38)13-24(39)18-45)42-34(44)29-11-21-8-9-27(41-33(21)46(29)16-19-4-5-19)26-15-40-31(14-25(26)37(49)51-3)43-35(47)20-6-7-20/h8-12,14-15,19-20,23-24H,4-7,13,16-18,39H2,1-3H3,(H,40,43,47)/t23-,24-/m1/s1. The van der Waals surface area contributed by atoms with Crippen LogP contribution in [0.25, 0.3) is 44.8 Å². The number of rotatable bonds is 9. The number of alkyl halides is 1. The van der Waals surface area contributed by atoms with Crippen molar-refractivity contribution in [1.29, 1.82) is 0 Å². The van der Waals surface area contributed by atoms with Crippen LogP contribution >= 0.6 is 0 Å². The number of piperidine rings is 1. The fourth-order valence-corrected chi connectivity index (χ4v) is 7.03. The van der Waals surface area contributed by atoms with E-state index in [1.807, 2.05) is 29.8 Å². The zero-order chi connectivity index (χ0) is 35.6. The molecule has 2 aliphatic carbocycles. The number of carbonyl (C=O) groups excluding carboxylic acids is 3. The van der Waals surface area contributed by atoms with Crippen molar-refractivity contribution in [2.75, 3.05) is 32.6 Å². The van der Waals surface area contributed by atoms with E-state index >= 15 is 0 Å². The number of nitrogens with one attached hydrogen (secondary N) is 1. The van der Waals surface area contributed by atoms with Crippen LogP contribution in [0.2, 0.25) is 0 Å². The Bertz CT molecular complexity index is 2210. The van der Waals surface area contributed by atoms with Gasteiger partial charge in [0.05, 0.1) is 43.2 Å². The van der Waals surface area contributed by atoms with Crippen LogP contribution in [0, 0.1) is 11.8 Å². The number of esters is 1. The van der Waals surface area contributed by atoms with Crippen molar-refractivity contribution >= 4 is 45.7 Å². The predicted molar refractivity (Wildman–Crippen MR) is 188 cm³/mol. The normalized spacial score (nSPS) is 19.0. The summed E-state index contributed by atoms with van der Waals surface area (Å²) in [5, 5.41) is 3.68. The quantitative estimate of drug-likeness (QED) is 0.208. The van der Waals surface area contributed by atoms with Gasteiger partial charge in [0.25, 0.3) is 5.91 Å². The maximum absolute atomic E-state index is 14.3. The number of benzene rings is 1. The Morgan fingerprint density at radius 3 is 2.55 bits per heavy atom. The second-order valence-corrected chi connectivity index (χ2v) is 13.9. The molecule has 0 radical (unpaired) electrons. The van der Waals surface area contributed by atoms with Gasteiger partial charge in [-0.15, -0.1) is 0 Å². The van der Waals surface area contributed by atoms with Gasteiger partial charge in [0.15, 0.2) is 5.82 Å². The zero-order valence-electron chi connectivity index (χ0n) is 28.7. The second-order valence-electron chi connectivity index (χ2n) is 13.9. The van der Waals surface area contributed by atoms with Crippen molar-refractivity contribution in [3.05, 3.63) is 53.7 Å². The molecule has 2 amide bonds. The molecule has 5 aromatic rings. The van der Waals surface area contributed by atoms with Gasteiger partial charge < -0.3 is 34.6 Å². The van der Waals surface area contributed by atoms with Gasteiger partial charge in [0, 0.05) is 54.8 Å². The van der Waals surface area contributed by atoms with Gasteiger partial charge in [-0.05, 0) is 74.4 Å². The number of nitrogens with two attached hydrogens (primary N) is 1. The second kappa shape index (κ2) is 12.7. The number of methoxy groups -OCH3 is 2. The third-order valence-corrected chi connectivity index (χ3v) is 10.0. The molecule has 3 aliphatic rings. The lowest BCUT2D eigenvalue weighted by Crippen LogP contribution is -2.50. The molecule has 1 aromatic carbocycles. The molecule has 13 nitrogen and oxygen atoms in total. The number of hydrogen-bond acceptors (Lipinski definition) is 9. The minimum Gasteiger partial charge on any atom is -0.494 e. The molecular weight excluding hydrogens is 655 g/mol. The number of anilines is 1. The number of ether oxygens (including phenoxy) is 2.